The number of phenols is 2. The molecule has 2 saturated heterocycles. The minimum absolute atomic E-state index is 0.0575. The summed E-state index contributed by atoms with van der Waals surface area (Å²) in [6.07, 6.45) is 7.74. The molecule has 3 aliphatic rings. The molecule has 0 radical (unpaired) electrons. The molecule has 41 heavy (non-hydrogen) atoms. The number of halogens is 1. The van der Waals surface area contributed by atoms with Crippen molar-refractivity contribution in [3.05, 3.63) is 51.3 Å². The molecule has 0 saturated carbocycles. The molecule has 2 aromatic rings. The van der Waals surface area contributed by atoms with Crippen molar-refractivity contribution in [3.63, 3.8) is 0 Å². The summed E-state index contributed by atoms with van der Waals surface area (Å²) in [4.78, 5) is 21.8. The van der Waals surface area contributed by atoms with E-state index in [4.69, 9.17) is 10.1 Å². The number of phenolic OH excluding ortho intramolecular Hbond substituents is 2. The number of benzene rings is 1. The summed E-state index contributed by atoms with van der Waals surface area (Å²) < 4.78 is 27.0. The van der Waals surface area contributed by atoms with Crippen LogP contribution >= 0.6 is 28.6 Å². The maximum atomic E-state index is 13.2. The van der Waals surface area contributed by atoms with Gasteiger partial charge in [0.25, 0.3) is 0 Å². The van der Waals surface area contributed by atoms with Crippen LogP contribution in [0.5, 0.6) is 11.5 Å². The number of carbonyl (C=O) groups excluding carboxylic acids is 1. The second-order valence-electron chi connectivity index (χ2n) is 10.9. The van der Waals surface area contributed by atoms with E-state index in [-0.39, 0.29) is 35.2 Å². The first kappa shape index (κ1) is 31.6. The highest BCUT2D eigenvalue weighted by atomic mass is 79.9. The molecule has 3 heterocycles. The van der Waals surface area contributed by atoms with Gasteiger partial charge in [0.05, 0.1) is 5.69 Å². The van der Waals surface area contributed by atoms with E-state index >= 15 is 0 Å². The van der Waals surface area contributed by atoms with Gasteiger partial charge < -0.3 is 20.0 Å². The van der Waals surface area contributed by atoms with Crippen LogP contribution < -0.4 is 5.14 Å². The molecule has 0 bridgehead atoms. The summed E-state index contributed by atoms with van der Waals surface area (Å²) in [7, 11) is -3.94. The van der Waals surface area contributed by atoms with Gasteiger partial charge in [0.2, 0.25) is 5.91 Å². The zero-order chi connectivity index (χ0) is 29.9. The van der Waals surface area contributed by atoms with E-state index in [2.05, 4.69) is 39.0 Å². The molecule has 1 aromatic heterocycles. The van der Waals surface area contributed by atoms with Crippen LogP contribution in [-0.2, 0) is 27.8 Å². The van der Waals surface area contributed by atoms with Gasteiger partial charge in [0.1, 0.15) is 17.3 Å². The van der Waals surface area contributed by atoms with Crippen molar-refractivity contribution in [1.29, 1.82) is 0 Å². The molecular weight excluding hydrogens is 630 g/mol. The Balaban J connectivity index is 0.00000189. The van der Waals surface area contributed by atoms with Crippen molar-refractivity contribution in [2.24, 2.45) is 21.4 Å². The number of rotatable bonds is 4. The third-order valence-electron chi connectivity index (χ3n) is 8.30. The van der Waals surface area contributed by atoms with Crippen LogP contribution in [0.15, 0.2) is 33.3 Å². The predicted molar refractivity (Wildman–Crippen MR) is 166 cm³/mol. The first-order valence-electron chi connectivity index (χ1n) is 13.7. The maximum absolute atomic E-state index is 13.2. The number of likely N-dealkylation sites (tertiary alicyclic amines) is 2. The Morgan fingerprint density at radius 1 is 1.10 bits per heavy atom. The Morgan fingerprint density at radius 3 is 2.44 bits per heavy atom. The Kier molecular flexibility index (Phi) is 10.2. The smallest absolute Gasteiger partial charge is 0.318 e. The summed E-state index contributed by atoms with van der Waals surface area (Å²) in [5, 5.41) is 26.1. The van der Waals surface area contributed by atoms with E-state index in [1.165, 1.54) is 6.07 Å². The Labute approximate surface area is 255 Å². The quantitative estimate of drug-likeness (QED) is 0.221. The van der Waals surface area contributed by atoms with E-state index in [1.807, 2.05) is 9.80 Å². The van der Waals surface area contributed by atoms with Gasteiger partial charge >= 0.3 is 10.2 Å². The molecular formula is C28H38BrN5O5S2. The Morgan fingerprint density at radius 2 is 1.76 bits per heavy atom. The molecule has 2 atom stereocenters. The number of aromatic hydroxyl groups is 2. The summed E-state index contributed by atoms with van der Waals surface area (Å²) in [6, 6.07) is 5.26. The average molecular weight is 669 g/mol. The minimum atomic E-state index is -3.94. The normalized spacial score (nSPS) is 21.4. The minimum Gasteiger partial charge on any atom is -0.508 e. The van der Waals surface area contributed by atoms with Crippen molar-refractivity contribution in [2.45, 2.75) is 51.4 Å². The number of thiol groups is 1. The first-order valence-corrected chi connectivity index (χ1v) is 16.9. The van der Waals surface area contributed by atoms with Crippen molar-refractivity contribution in [1.82, 2.24) is 14.8 Å². The highest BCUT2D eigenvalue weighted by Crippen LogP contribution is 2.47. The van der Waals surface area contributed by atoms with Crippen LogP contribution in [0.25, 0.3) is 0 Å². The number of amidine groups is 1. The predicted octanol–water partition coefficient (Wildman–Crippen LogP) is 3.60. The van der Waals surface area contributed by atoms with Gasteiger partial charge in [-0.2, -0.15) is 21.0 Å². The van der Waals surface area contributed by atoms with Gasteiger partial charge in [-0.15, -0.1) is 4.40 Å². The summed E-state index contributed by atoms with van der Waals surface area (Å²) in [5.41, 5.74) is 3.88. The lowest BCUT2D eigenvalue weighted by molar-refractivity contribution is -0.133. The van der Waals surface area contributed by atoms with Crippen molar-refractivity contribution in [3.8, 4) is 11.5 Å². The molecule has 224 valence electrons. The average Bonchev–Trinajstić information content (AvgIpc) is 3.32. The number of hydrogen-bond donors (Lipinski definition) is 4. The molecule has 0 spiro atoms. The number of nitrogens with two attached hydrogens (primary N) is 1. The van der Waals surface area contributed by atoms with Crippen LogP contribution in [0.2, 0.25) is 0 Å². The van der Waals surface area contributed by atoms with Crippen LogP contribution in [0, 0.1) is 11.8 Å². The van der Waals surface area contributed by atoms with Crippen LogP contribution in [0.3, 0.4) is 0 Å². The number of pyridine rings is 1. The number of piperidine rings is 1. The van der Waals surface area contributed by atoms with Gasteiger partial charge in [-0.25, -0.2) is 5.14 Å². The zero-order valence-electron chi connectivity index (χ0n) is 23.3. The lowest BCUT2D eigenvalue weighted by Gasteiger charge is -2.37. The summed E-state index contributed by atoms with van der Waals surface area (Å²) in [6.45, 7) is 4.10. The second-order valence-corrected chi connectivity index (χ2v) is 13.0. The fourth-order valence-corrected chi connectivity index (χ4v) is 7.34. The largest absolute Gasteiger partial charge is 0.508 e. The van der Waals surface area contributed by atoms with E-state index in [1.54, 1.807) is 25.4 Å². The monoisotopic (exact) mass is 667 g/mol. The summed E-state index contributed by atoms with van der Waals surface area (Å²) in [5.74, 6) is 0.821. The van der Waals surface area contributed by atoms with E-state index < -0.39 is 10.2 Å². The fourth-order valence-electron chi connectivity index (χ4n) is 6.48. The molecule has 2 unspecified atom stereocenters. The number of aromatic nitrogens is 1. The molecule has 1 aromatic carbocycles. The second kappa shape index (κ2) is 13.3. The molecule has 4 N–H and O–H groups in total. The molecule has 1 aliphatic carbocycles. The van der Waals surface area contributed by atoms with Crippen LogP contribution in [0.1, 0.15) is 60.9 Å². The molecule has 5 rings (SSSR count). The topological polar surface area (TPSA) is 149 Å². The number of aryl methyl sites for hydroxylation is 2. The molecule has 13 heteroatoms. The highest BCUT2D eigenvalue weighted by molar-refractivity contribution is 9.10. The van der Waals surface area contributed by atoms with Crippen molar-refractivity contribution < 1.29 is 23.4 Å². The van der Waals surface area contributed by atoms with Crippen molar-refractivity contribution >= 4 is 50.5 Å². The van der Waals surface area contributed by atoms with Gasteiger partial charge in [-0.3, -0.25) is 9.78 Å². The van der Waals surface area contributed by atoms with Gasteiger partial charge in [-0.1, -0.05) is 0 Å². The number of carbonyl (C=O) groups is 1. The molecule has 10 nitrogen and oxygen atoms in total. The maximum Gasteiger partial charge on any atom is 0.318 e. The van der Waals surface area contributed by atoms with Crippen molar-refractivity contribution in [2.75, 3.05) is 32.4 Å². The fraction of sp³-hybridized carbons (Fsp3) is 0.536. The molecule has 2 aliphatic heterocycles. The standard InChI is InChI=1S/C27H34BrN5O5S.CH4S/c1-16(31-39(29,37)38)33-7-4-17(15-33)10-24(36)32-8-5-18(6-9-32)26-25-19(12-22(34)13-23(25)35)2-3-20-11-21(28)14-30-27(20)26;1-2/h11-14,17-18,26,34-35H,2-10,15H2,1H3,(H2,29,37,38);2H,1H3/b31-16+;. The molecule has 1 amide bonds. The third kappa shape index (κ3) is 7.54. The summed E-state index contributed by atoms with van der Waals surface area (Å²) >= 11 is 7.07. The lowest BCUT2D eigenvalue weighted by Crippen LogP contribution is -2.41. The van der Waals surface area contributed by atoms with Gasteiger partial charge in [-0.05, 0) is 96.3 Å². The third-order valence-corrected chi connectivity index (χ3v) is 9.25. The van der Waals surface area contributed by atoms with E-state index in [0.29, 0.717) is 44.9 Å². The lowest BCUT2D eigenvalue weighted by atomic mass is 9.76. The first-order chi connectivity index (χ1) is 19.5. The molecule has 2 fully saturated rings. The van der Waals surface area contributed by atoms with Crippen LogP contribution in [-0.4, -0.2) is 77.6 Å². The van der Waals surface area contributed by atoms with Crippen LogP contribution in [0.4, 0.5) is 0 Å². The number of fused-ring (bicyclic) bond motifs is 2. The van der Waals surface area contributed by atoms with E-state index in [0.717, 1.165) is 52.5 Å². The number of nitrogens with zero attached hydrogens (tertiary/aromatic N) is 4. The Bertz CT molecular complexity index is 1410. The highest BCUT2D eigenvalue weighted by Gasteiger charge is 2.37. The number of amides is 1. The SMILES string of the molecule is C/C(=N\S(N)(=O)=O)N1CCC(CC(=O)N2CCC(C3c4ncc(Br)cc4CCc4cc(O)cc(O)c43)CC2)C1.CS. The van der Waals surface area contributed by atoms with Gasteiger partial charge in [0.15, 0.2) is 0 Å². The zero-order valence-corrected chi connectivity index (χ0v) is 26.6. The van der Waals surface area contributed by atoms with Gasteiger partial charge in [0, 0.05) is 60.8 Å². The van der Waals surface area contributed by atoms with E-state index in [9.17, 15) is 23.4 Å². The number of hydrogen-bond acceptors (Lipinski definition) is 7. The Hall–Kier alpha value is -2.35.